The van der Waals surface area contributed by atoms with E-state index in [0.29, 0.717) is 12.2 Å². The van der Waals surface area contributed by atoms with E-state index in [0.717, 1.165) is 12.8 Å². The van der Waals surface area contributed by atoms with E-state index in [1.54, 1.807) is 6.92 Å². The van der Waals surface area contributed by atoms with E-state index in [4.69, 9.17) is 9.62 Å². The van der Waals surface area contributed by atoms with Crippen LogP contribution in [-0.2, 0) is 19.3 Å². The van der Waals surface area contributed by atoms with Crippen LogP contribution in [0.2, 0.25) is 0 Å². The predicted octanol–water partition coefficient (Wildman–Crippen LogP) is 1.17. The third-order valence-electron chi connectivity index (χ3n) is 1.47. The minimum Gasteiger partial charge on any atom is -0.349 e. The summed E-state index contributed by atoms with van der Waals surface area (Å²) in [6, 6.07) is 0. The standard InChI is InChI=1S/C8H12O4/c1-6(2)8(9)12-11-7-4-3-5-10-7/h7H,1,3-5H2,2H3. The highest BCUT2D eigenvalue weighted by atomic mass is 17.2. The van der Waals surface area contributed by atoms with Crippen molar-refractivity contribution in [3.8, 4) is 0 Å². The molecule has 0 saturated carbocycles. The predicted molar refractivity (Wildman–Crippen MR) is 41.0 cm³/mol. The molecule has 0 radical (unpaired) electrons. The zero-order valence-electron chi connectivity index (χ0n) is 7.04. The van der Waals surface area contributed by atoms with Crippen LogP contribution in [0.3, 0.4) is 0 Å². The Kier molecular flexibility index (Phi) is 3.25. The van der Waals surface area contributed by atoms with Crippen molar-refractivity contribution >= 4 is 5.97 Å². The lowest BCUT2D eigenvalue weighted by Gasteiger charge is -2.08. The van der Waals surface area contributed by atoms with Crippen molar-refractivity contribution in [2.24, 2.45) is 0 Å². The van der Waals surface area contributed by atoms with Gasteiger partial charge in [0.15, 0.2) is 0 Å². The van der Waals surface area contributed by atoms with Crippen molar-refractivity contribution in [3.05, 3.63) is 12.2 Å². The van der Waals surface area contributed by atoms with Crippen LogP contribution >= 0.6 is 0 Å². The van der Waals surface area contributed by atoms with Gasteiger partial charge in [0.2, 0.25) is 6.29 Å². The molecule has 0 aromatic heterocycles. The average Bonchev–Trinajstić information content (AvgIpc) is 2.51. The van der Waals surface area contributed by atoms with Gasteiger partial charge in [0.25, 0.3) is 0 Å². The highest BCUT2D eigenvalue weighted by Crippen LogP contribution is 2.13. The van der Waals surface area contributed by atoms with Gasteiger partial charge in [-0.1, -0.05) is 6.58 Å². The summed E-state index contributed by atoms with van der Waals surface area (Å²) in [5.74, 6) is -0.550. The Morgan fingerprint density at radius 3 is 2.92 bits per heavy atom. The zero-order valence-corrected chi connectivity index (χ0v) is 7.04. The largest absolute Gasteiger partial charge is 0.368 e. The van der Waals surface area contributed by atoms with Crippen molar-refractivity contribution in [3.63, 3.8) is 0 Å². The Morgan fingerprint density at radius 2 is 2.42 bits per heavy atom. The Morgan fingerprint density at radius 1 is 1.67 bits per heavy atom. The minimum atomic E-state index is -0.550. The molecule has 1 atom stereocenters. The fourth-order valence-electron chi connectivity index (χ4n) is 0.792. The van der Waals surface area contributed by atoms with Gasteiger partial charge in [-0.3, -0.25) is 4.89 Å². The molecule has 0 amide bonds. The first-order chi connectivity index (χ1) is 5.70. The molecule has 1 fully saturated rings. The second-order valence-electron chi connectivity index (χ2n) is 2.69. The molecule has 0 bridgehead atoms. The highest BCUT2D eigenvalue weighted by molar-refractivity contribution is 5.86. The van der Waals surface area contributed by atoms with Gasteiger partial charge in [-0.25, -0.2) is 4.79 Å². The summed E-state index contributed by atoms with van der Waals surface area (Å²) in [5.41, 5.74) is 0.313. The summed E-state index contributed by atoms with van der Waals surface area (Å²) >= 11 is 0. The van der Waals surface area contributed by atoms with Crippen LogP contribution in [0.4, 0.5) is 0 Å². The Labute approximate surface area is 71.0 Å². The number of rotatable bonds is 3. The first kappa shape index (κ1) is 9.22. The third-order valence-corrected chi connectivity index (χ3v) is 1.47. The van der Waals surface area contributed by atoms with Gasteiger partial charge in [-0.05, 0) is 13.3 Å². The van der Waals surface area contributed by atoms with Crippen LogP contribution in [0.5, 0.6) is 0 Å². The number of hydrogen-bond donors (Lipinski definition) is 0. The quantitative estimate of drug-likeness (QED) is 0.364. The monoisotopic (exact) mass is 172 g/mol. The van der Waals surface area contributed by atoms with E-state index in [9.17, 15) is 4.79 Å². The number of carbonyl (C=O) groups is 1. The first-order valence-electron chi connectivity index (χ1n) is 3.85. The lowest BCUT2D eigenvalue weighted by atomic mass is 10.4. The molecule has 0 aromatic rings. The molecule has 1 aliphatic rings. The smallest absolute Gasteiger partial charge is 0.349 e. The first-order valence-corrected chi connectivity index (χ1v) is 3.85. The van der Waals surface area contributed by atoms with Crippen molar-refractivity contribution in [2.75, 3.05) is 6.61 Å². The molecular formula is C8H12O4. The molecule has 0 aromatic carbocycles. The lowest BCUT2D eigenvalue weighted by Crippen LogP contribution is -2.15. The van der Waals surface area contributed by atoms with Crippen molar-refractivity contribution in [2.45, 2.75) is 26.1 Å². The lowest BCUT2D eigenvalue weighted by molar-refractivity contribution is -0.339. The minimum absolute atomic E-state index is 0.313. The van der Waals surface area contributed by atoms with Gasteiger partial charge < -0.3 is 4.74 Å². The zero-order chi connectivity index (χ0) is 8.97. The van der Waals surface area contributed by atoms with Crippen molar-refractivity contribution in [1.82, 2.24) is 0 Å². The summed E-state index contributed by atoms with van der Waals surface area (Å²) in [6.07, 6.45) is 1.31. The average molecular weight is 172 g/mol. The van der Waals surface area contributed by atoms with Gasteiger partial charge in [-0.2, -0.15) is 4.89 Å². The van der Waals surface area contributed by atoms with E-state index in [1.165, 1.54) is 0 Å². The molecule has 1 unspecified atom stereocenters. The van der Waals surface area contributed by atoms with Crippen LogP contribution in [-0.4, -0.2) is 18.9 Å². The van der Waals surface area contributed by atoms with Gasteiger partial charge in [0.05, 0.1) is 6.61 Å². The second-order valence-corrected chi connectivity index (χ2v) is 2.69. The molecule has 0 aliphatic carbocycles. The molecule has 0 N–H and O–H groups in total. The SMILES string of the molecule is C=C(C)C(=O)OOC1CCCO1. The fraction of sp³-hybridized carbons (Fsp3) is 0.625. The van der Waals surface area contributed by atoms with Crippen LogP contribution in [0, 0.1) is 0 Å². The molecule has 4 heteroatoms. The van der Waals surface area contributed by atoms with E-state index >= 15 is 0 Å². The molecule has 1 saturated heterocycles. The van der Waals surface area contributed by atoms with E-state index < -0.39 is 12.3 Å². The normalized spacial score (nSPS) is 22.2. The van der Waals surface area contributed by atoms with Crippen LogP contribution < -0.4 is 0 Å². The maximum absolute atomic E-state index is 10.8. The topological polar surface area (TPSA) is 44.8 Å². The van der Waals surface area contributed by atoms with Crippen LogP contribution in [0.1, 0.15) is 19.8 Å². The van der Waals surface area contributed by atoms with E-state index in [1.807, 2.05) is 0 Å². The molecular weight excluding hydrogens is 160 g/mol. The van der Waals surface area contributed by atoms with Gasteiger partial charge >= 0.3 is 5.97 Å². The maximum atomic E-state index is 10.8. The number of ether oxygens (including phenoxy) is 1. The summed E-state index contributed by atoms with van der Waals surface area (Å²) < 4.78 is 5.05. The molecule has 0 spiro atoms. The summed E-state index contributed by atoms with van der Waals surface area (Å²) in [4.78, 5) is 19.9. The Hall–Kier alpha value is -0.870. The van der Waals surface area contributed by atoms with E-state index in [2.05, 4.69) is 11.5 Å². The van der Waals surface area contributed by atoms with Gasteiger partial charge in [0, 0.05) is 12.0 Å². The van der Waals surface area contributed by atoms with Crippen molar-refractivity contribution < 1.29 is 19.3 Å². The molecule has 1 aliphatic heterocycles. The molecule has 4 nitrogen and oxygen atoms in total. The van der Waals surface area contributed by atoms with Crippen LogP contribution in [0.25, 0.3) is 0 Å². The summed E-state index contributed by atoms with van der Waals surface area (Å²) in [7, 11) is 0. The summed E-state index contributed by atoms with van der Waals surface area (Å²) in [6.45, 7) is 5.62. The van der Waals surface area contributed by atoms with Crippen molar-refractivity contribution in [1.29, 1.82) is 0 Å². The van der Waals surface area contributed by atoms with Crippen LogP contribution in [0.15, 0.2) is 12.2 Å². The molecule has 1 rings (SSSR count). The van der Waals surface area contributed by atoms with E-state index in [-0.39, 0.29) is 0 Å². The molecule has 12 heavy (non-hydrogen) atoms. The molecule has 68 valence electrons. The second kappa shape index (κ2) is 4.23. The third kappa shape index (κ3) is 2.64. The Bertz CT molecular complexity index is 181. The summed E-state index contributed by atoms with van der Waals surface area (Å²) in [5, 5.41) is 0. The maximum Gasteiger partial charge on any atom is 0.368 e. The number of carbonyl (C=O) groups excluding carboxylic acids is 1. The van der Waals surface area contributed by atoms with Gasteiger partial charge in [-0.15, -0.1) is 0 Å². The number of hydrogen-bond acceptors (Lipinski definition) is 4. The van der Waals surface area contributed by atoms with Gasteiger partial charge in [0.1, 0.15) is 0 Å². The Balaban J connectivity index is 2.16. The highest BCUT2D eigenvalue weighted by Gasteiger charge is 2.18. The fourth-order valence-corrected chi connectivity index (χ4v) is 0.792. The molecule has 1 heterocycles.